The maximum Gasteiger partial charge on any atom is 0.416 e. The molecule has 2 aliphatic rings. The minimum absolute atomic E-state index is 0.0535. The van der Waals surface area contributed by atoms with Crippen molar-refractivity contribution in [2.45, 2.75) is 63.0 Å². The number of alkyl halides is 3. The second kappa shape index (κ2) is 13.9. The Morgan fingerprint density at radius 1 is 1.16 bits per heavy atom. The quantitative estimate of drug-likeness (QED) is 0.211. The zero-order chi connectivity index (χ0) is 31.2. The SMILES string of the molecule is CCN1NC(C(N)=O)([C@H](Cc2ccccc2)[C@@H](O)CNCc2cccc(C(F)(F)F)c2)C=C1C(=O)N(CCCO)C1CC1. The van der Waals surface area contributed by atoms with Crippen molar-refractivity contribution in [1.82, 2.24) is 20.7 Å². The molecule has 6 N–H and O–H groups in total. The van der Waals surface area contributed by atoms with E-state index in [4.69, 9.17) is 5.73 Å². The van der Waals surface area contributed by atoms with Crippen molar-refractivity contribution in [2.24, 2.45) is 11.7 Å². The normalized spacial score (nSPS) is 20.0. The molecule has 12 heteroatoms. The van der Waals surface area contributed by atoms with Gasteiger partial charge < -0.3 is 31.2 Å². The van der Waals surface area contributed by atoms with Gasteiger partial charge >= 0.3 is 6.18 Å². The van der Waals surface area contributed by atoms with E-state index >= 15 is 0 Å². The van der Waals surface area contributed by atoms with E-state index in [1.165, 1.54) is 12.1 Å². The maximum absolute atomic E-state index is 13.8. The Morgan fingerprint density at radius 2 is 1.86 bits per heavy atom. The number of hydrogen-bond acceptors (Lipinski definition) is 7. The van der Waals surface area contributed by atoms with E-state index in [2.05, 4.69) is 10.7 Å². The predicted molar refractivity (Wildman–Crippen MR) is 155 cm³/mol. The number of carbonyl (C=O) groups is 2. The van der Waals surface area contributed by atoms with Gasteiger partial charge in [0.1, 0.15) is 11.2 Å². The summed E-state index contributed by atoms with van der Waals surface area (Å²) in [6, 6.07) is 14.2. The van der Waals surface area contributed by atoms with Crippen LogP contribution in [0.4, 0.5) is 13.2 Å². The van der Waals surface area contributed by atoms with Crippen LogP contribution in [0.5, 0.6) is 0 Å². The predicted octanol–water partition coefficient (Wildman–Crippen LogP) is 2.34. The number of halogens is 3. The topological polar surface area (TPSA) is 131 Å². The molecule has 1 aliphatic carbocycles. The highest BCUT2D eigenvalue weighted by Crippen LogP contribution is 2.36. The van der Waals surface area contributed by atoms with E-state index in [1.54, 1.807) is 16.0 Å². The van der Waals surface area contributed by atoms with Crippen molar-refractivity contribution >= 4 is 11.8 Å². The standard InChI is InChI=1S/C31H40F3N5O4/c1-2-39-26(28(42)38(14-7-15-40)24-12-13-24)18-30(37-39,29(35)43)25(17-21-8-4-3-5-9-21)27(41)20-36-19-22-10-6-11-23(16-22)31(32,33)34/h3-6,8-11,16,18,24-25,27,36-37,40-41H,2,7,12-15,17,19-20H2,1H3,(H2,35,43)/t25-,27+,30?/m1/s1. The lowest BCUT2D eigenvalue weighted by Gasteiger charge is -2.38. The first kappa shape index (κ1) is 32.5. The molecule has 1 saturated carbocycles. The van der Waals surface area contributed by atoms with Crippen LogP contribution in [0.2, 0.25) is 0 Å². The summed E-state index contributed by atoms with van der Waals surface area (Å²) in [4.78, 5) is 28.8. The van der Waals surface area contributed by atoms with Gasteiger partial charge in [-0.3, -0.25) is 9.59 Å². The summed E-state index contributed by atoms with van der Waals surface area (Å²) in [5.41, 5.74) is 8.24. The summed E-state index contributed by atoms with van der Waals surface area (Å²) in [5, 5.41) is 25.5. The summed E-state index contributed by atoms with van der Waals surface area (Å²) in [5.74, 6) is -1.92. The second-order valence-corrected chi connectivity index (χ2v) is 11.1. The van der Waals surface area contributed by atoms with Crippen LogP contribution in [0.3, 0.4) is 0 Å². The van der Waals surface area contributed by atoms with Crippen molar-refractivity contribution < 1.29 is 33.0 Å². The third-order valence-corrected chi connectivity index (χ3v) is 8.01. The van der Waals surface area contributed by atoms with Gasteiger partial charge in [0.2, 0.25) is 5.91 Å². The monoisotopic (exact) mass is 603 g/mol. The number of rotatable bonds is 15. The molecule has 0 saturated heterocycles. The number of hydrogen-bond donors (Lipinski definition) is 5. The molecule has 2 aromatic carbocycles. The van der Waals surface area contributed by atoms with Crippen molar-refractivity contribution in [3.8, 4) is 0 Å². The van der Waals surface area contributed by atoms with Crippen LogP contribution in [0.25, 0.3) is 0 Å². The molecular weight excluding hydrogens is 563 g/mol. The molecule has 0 radical (unpaired) electrons. The minimum atomic E-state index is -4.47. The van der Waals surface area contributed by atoms with Crippen molar-refractivity contribution in [3.05, 3.63) is 83.1 Å². The molecule has 1 unspecified atom stereocenters. The average molecular weight is 604 g/mol. The van der Waals surface area contributed by atoms with Crippen molar-refractivity contribution in [1.29, 1.82) is 0 Å². The number of aliphatic hydroxyl groups is 2. The molecule has 2 aromatic rings. The van der Waals surface area contributed by atoms with Crippen molar-refractivity contribution in [2.75, 3.05) is 26.2 Å². The lowest BCUT2D eigenvalue weighted by Crippen LogP contribution is -2.63. The van der Waals surface area contributed by atoms with Gasteiger partial charge in [-0.1, -0.05) is 48.5 Å². The summed E-state index contributed by atoms with van der Waals surface area (Å²) < 4.78 is 39.5. The van der Waals surface area contributed by atoms with E-state index in [1.807, 2.05) is 37.3 Å². The summed E-state index contributed by atoms with van der Waals surface area (Å²) in [7, 11) is 0. The first-order chi connectivity index (χ1) is 20.5. The molecule has 0 aromatic heterocycles. The van der Waals surface area contributed by atoms with Crippen LogP contribution >= 0.6 is 0 Å². The summed E-state index contributed by atoms with van der Waals surface area (Å²) in [6.45, 7) is 2.45. The van der Waals surface area contributed by atoms with E-state index in [0.29, 0.717) is 25.1 Å². The number of likely N-dealkylation sites (N-methyl/N-ethyl adjacent to an activating group) is 1. The highest BCUT2D eigenvalue weighted by Gasteiger charge is 2.52. The fraction of sp³-hybridized carbons (Fsp3) is 0.484. The summed E-state index contributed by atoms with van der Waals surface area (Å²) in [6.07, 6.45) is -1.80. The molecule has 3 atom stereocenters. The van der Waals surface area contributed by atoms with Crippen LogP contribution in [0.1, 0.15) is 42.9 Å². The highest BCUT2D eigenvalue weighted by atomic mass is 19.4. The molecule has 234 valence electrons. The van der Waals surface area contributed by atoms with E-state index in [9.17, 15) is 33.0 Å². The third kappa shape index (κ3) is 7.74. The van der Waals surface area contributed by atoms with Crippen LogP contribution in [-0.2, 0) is 28.7 Å². The minimum Gasteiger partial charge on any atom is -0.396 e. The van der Waals surface area contributed by atoms with Crippen LogP contribution < -0.4 is 16.5 Å². The number of nitrogens with two attached hydrogens (primary N) is 1. The van der Waals surface area contributed by atoms with Crippen LogP contribution in [0, 0.1) is 5.92 Å². The van der Waals surface area contributed by atoms with E-state index < -0.39 is 35.2 Å². The number of primary amides is 1. The van der Waals surface area contributed by atoms with Gasteiger partial charge in [-0.2, -0.15) is 13.2 Å². The number of benzene rings is 2. The first-order valence-corrected chi connectivity index (χ1v) is 14.6. The Labute approximate surface area is 249 Å². The van der Waals surface area contributed by atoms with Gasteiger partial charge in [-0.15, -0.1) is 0 Å². The number of carbonyl (C=O) groups excluding carboxylic acids is 2. The Balaban J connectivity index is 1.62. The highest BCUT2D eigenvalue weighted by molar-refractivity contribution is 5.97. The van der Waals surface area contributed by atoms with Gasteiger partial charge in [-0.05, 0) is 55.9 Å². The molecule has 1 aliphatic heterocycles. The molecule has 0 bridgehead atoms. The smallest absolute Gasteiger partial charge is 0.396 e. The maximum atomic E-state index is 13.8. The zero-order valence-electron chi connectivity index (χ0n) is 24.2. The van der Waals surface area contributed by atoms with Gasteiger partial charge in [0.15, 0.2) is 0 Å². The molecule has 1 heterocycles. The number of nitrogens with one attached hydrogen (secondary N) is 2. The Bertz CT molecular complexity index is 1290. The lowest BCUT2D eigenvalue weighted by atomic mass is 9.76. The third-order valence-electron chi connectivity index (χ3n) is 8.01. The second-order valence-electron chi connectivity index (χ2n) is 11.1. The van der Waals surface area contributed by atoms with Gasteiger partial charge in [0, 0.05) is 44.7 Å². The molecule has 43 heavy (non-hydrogen) atoms. The lowest BCUT2D eigenvalue weighted by molar-refractivity contribution is -0.137. The van der Waals surface area contributed by atoms with Crippen LogP contribution in [-0.4, -0.2) is 75.9 Å². The Hall–Kier alpha value is -3.45. The molecule has 0 spiro atoms. The Kier molecular flexibility index (Phi) is 10.5. The van der Waals surface area contributed by atoms with E-state index in [-0.39, 0.29) is 43.8 Å². The molecule has 2 amide bonds. The number of hydrazine groups is 1. The van der Waals surface area contributed by atoms with Gasteiger partial charge in [-0.25, -0.2) is 5.43 Å². The molecular formula is C31H40F3N5O4. The zero-order valence-corrected chi connectivity index (χ0v) is 24.2. The number of nitrogens with zero attached hydrogens (tertiary/aromatic N) is 2. The number of aliphatic hydroxyl groups excluding tert-OH is 2. The first-order valence-electron chi connectivity index (χ1n) is 14.6. The largest absolute Gasteiger partial charge is 0.416 e. The molecule has 4 rings (SSSR count). The summed E-state index contributed by atoms with van der Waals surface area (Å²) >= 11 is 0. The molecule has 1 fully saturated rings. The Morgan fingerprint density at radius 3 is 2.47 bits per heavy atom. The van der Waals surface area contributed by atoms with Gasteiger partial charge in [0.25, 0.3) is 5.91 Å². The fourth-order valence-electron chi connectivity index (χ4n) is 5.59. The average Bonchev–Trinajstić information content (AvgIpc) is 3.74. The van der Waals surface area contributed by atoms with Crippen LogP contribution in [0.15, 0.2) is 66.4 Å². The fourth-order valence-corrected chi connectivity index (χ4v) is 5.59. The molecule has 9 nitrogen and oxygen atoms in total. The van der Waals surface area contributed by atoms with Gasteiger partial charge in [0.05, 0.1) is 11.7 Å². The van der Waals surface area contributed by atoms with Crippen molar-refractivity contribution in [3.63, 3.8) is 0 Å². The van der Waals surface area contributed by atoms with E-state index in [0.717, 1.165) is 30.5 Å². The number of amides is 2.